The second-order valence-electron chi connectivity index (χ2n) is 4.42. The van der Waals surface area contributed by atoms with Gasteiger partial charge in [-0.1, -0.05) is 28.1 Å². The van der Waals surface area contributed by atoms with Crippen molar-refractivity contribution in [1.82, 2.24) is 10.3 Å². The summed E-state index contributed by atoms with van der Waals surface area (Å²) in [5.74, 6) is -0.0779. The predicted molar refractivity (Wildman–Crippen MR) is 83.4 cm³/mol. The topological polar surface area (TPSA) is 54.0 Å². The monoisotopic (exact) mass is 333 g/mol. The fraction of sp³-hybridized carbons (Fsp3) is 0.200. The van der Waals surface area contributed by atoms with Crippen molar-refractivity contribution in [3.63, 3.8) is 0 Å². The van der Waals surface area contributed by atoms with E-state index in [1.807, 2.05) is 49.4 Å². The lowest BCUT2D eigenvalue weighted by atomic mass is 10.2. The minimum atomic E-state index is -0.0779. The lowest BCUT2D eigenvalue weighted by molar-refractivity contribution is -0.115. The Bertz CT molecular complexity index is 574. The minimum Gasteiger partial charge on any atom is -0.325 e. The molecular formula is C15H16BrN3O. The molecule has 1 atom stereocenters. The van der Waals surface area contributed by atoms with Gasteiger partial charge in [0.05, 0.1) is 12.2 Å². The van der Waals surface area contributed by atoms with Crippen LogP contribution in [0, 0.1) is 0 Å². The number of carbonyl (C=O) groups is 1. The molecule has 1 aromatic heterocycles. The molecule has 0 spiro atoms. The number of amides is 1. The van der Waals surface area contributed by atoms with Crippen LogP contribution in [0.3, 0.4) is 0 Å². The Morgan fingerprint density at radius 2 is 2.15 bits per heavy atom. The molecule has 20 heavy (non-hydrogen) atoms. The molecule has 2 rings (SSSR count). The number of nitrogens with zero attached hydrogens (tertiary/aromatic N) is 1. The number of halogens is 1. The molecule has 5 heteroatoms. The molecule has 1 aromatic carbocycles. The van der Waals surface area contributed by atoms with Gasteiger partial charge in [0.2, 0.25) is 5.91 Å². The molecule has 0 bridgehead atoms. The van der Waals surface area contributed by atoms with Crippen molar-refractivity contribution in [2.75, 3.05) is 11.9 Å². The fourth-order valence-corrected chi connectivity index (χ4v) is 2.15. The maximum Gasteiger partial charge on any atom is 0.238 e. The van der Waals surface area contributed by atoms with Crippen LogP contribution in [-0.4, -0.2) is 17.4 Å². The Hall–Kier alpha value is -1.72. The van der Waals surface area contributed by atoms with E-state index in [-0.39, 0.29) is 18.5 Å². The van der Waals surface area contributed by atoms with Gasteiger partial charge >= 0.3 is 0 Å². The molecule has 1 heterocycles. The number of aromatic nitrogens is 1. The Kier molecular flexibility index (Phi) is 5.26. The molecule has 0 radical (unpaired) electrons. The summed E-state index contributed by atoms with van der Waals surface area (Å²) >= 11 is 3.37. The average Bonchev–Trinajstić information content (AvgIpc) is 2.46. The second-order valence-corrected chi connectivity index (χ2v) is 5.33. The Morgan fingerprint density at radius 1 is 1.30 bits per heavy atom. The van der Waals surface area contributed by atoms with Gasteiger partial charge in [0.25, 0.3) is 0 Å². The summed E-state index contributed by atoms with van der Waals surface area (Å²) in [4.78, 5) is 16.1. The van der Waals surface area contributed by atoms with Gasteiger partial charge in [-0.05, 0) is 37.3 Å². The Labute approximate surface area is 126 Å². The van der Waals surface area contributed by atoms with Gasteiger partial charge in [-0.3, -0.25) is 9.78 Å². The molecule has 0 saturated heterocycles. The van der Waals surface area contributed by atoms with Crippen molar-refractivity contribution in [3.05, 3.63) is 58.8 Å². The van der Waals surface area contributed by atoms with E-state index in [1.165, 1.54) is 0 Å². The molecule has 1 unspecified atom stereocenters. The molecule has 2 N–H and O–H groups in total. The number of hydrogen-bond acceptors (Lipinski definition) is 3. The first-order valence-corrected chi connectivity index (χ1v) is 7.14. The molecule has 0 saturated carbocycles. The molecule has 0 fully saturated rings. The number of benzene rings is 1. The number of hydrogen-bond donors (Lipinski definition) is 2. The van der Waals surface area contributed by atoms with E-state index in [0.29, 0.717) is 0 Å². The van der Waals surface area contributed by atoms with Crippen LogP contribution in [0.25, 0.3) is 0 Å². The summed E-state index contributed by atoms with van der Waals surface area (Å²) in [6.07, 6.45) is 1.75. The van der Waals surface area contributed by atoms with E-state index in [2.05, 4.69) is 31.5 Å². The van der Waals surface area contributed by atoms with Gasteiger partial charge in [-0.15, -0.1) is 0 Å². The summed E-state index contributed by atoms with van der Waals surface area (Å²) in [5, 5.41) is 5.98. The van der Waals surface area contributed by atoms with E-state index in [1.54, 1.807) is 6.20 Å². The largest absolute Gasteiger partial charge is 0.325 e. The molecular weight excluding hydrogens is 318 g/mol. The Balaban J connectivity index is 1.83. The number of pyridine rings is 1. The fourth-order valence-electron chi connectivity index (χ4n) is 1.75. The maximum atomic E-state index is 11.9. The van der Waals surface area contributed by atoms with Gasteiger partial charge in [0, 0.05) is 22.4 Å². The van der Waals surface area contributed by atoms with Crippen LogP contribution in [0.4, 0.5) is 5.69 Å². The van der Waals surface area contributed by atoms with E-state index < -0.39 is 0 Å². The highest BCUT2D eigenvalue weighted by atomic mass is 79.9. The molecule has 2 aromatic rings. The standard InChI is InChI=1S/C15H16BrN3O/c1-11(14-7-2-3-8-17-14)18-10-15(20)19-13-6-4-5-12(16)9-13/h2-9,11,18H,10H2,1H3,(H,19,20). The van der Waals surface area contributed by atoms with Crippen LogP contribution < -0.4 is 10.6 Å². The predicted octanol–water partition coefficient (Wildman–Crippen LogP) is 3.13. The van der Waals surface area contributed by atoms with Crippen molar-refractivity contribution in [3.8, 4) is 0 Å². The van der Waals surface area contributed by atoms with Crippen molar-refractivity contribution in [2.24, 2.45) is 0 Å². The Morgan fingerprint density at radius 3 is 2.85 bits per heavy atom. The van der Waals surface area contributed by atoms with Crippen LogP contribution in [-0.2, 0) is 4.79 Å². The molecule has 0 aliphatic carbocycles. The summed E-state index contributed by atoms with van der Waals surface area (Å²) in [6.45, 7) is 2.22. The molecule has 4 nitrogen and oxygen atoms in total. The first-order valence-electron chi connectivity index (χ1n) is 6.35. The van der Waals surface area contributed by atoms with Gasteiger partial charge < -0.3 is 10.6 Å². The zero-order chi connectivity index (χ0) is 14.4. The van der Waals surface area contributed by atoms with Crippen molar-refractivity contribution in [1.29, 1.82) is 0 Å². The number of anilines is 1. The third-order valence-corrected chi connectivity index (χ3v) is 3.30. The van der Waals surface area contributed by atoms with E-state index in [4.69, 9.17) is 0 Å². The van der Waals surface area contributed by atoms with Crippen LogP contribution in [0.15, 0.2) is 53.1 Å². The summed E-state index contributed by atoms with van der Waals surface area (Å²) in [5.41, 5.74) is 1.69. The summed E-state index contributed by atoms with van der Waals surface area (Å²) in [7, 11) is 0. The highest BCUT2D eigenvalue weighted by Gasteiger charge is 2.08. The van der Waals surface area contributed by atoms with Crippen molar-refractivity contribution in [2.45, 2.75) is 13.0 Å². The van der Waals surface area contributed by atoms with Crippen LogP contribution >= 0.6 is 15.9 Å². The van der Waals surface area contributed by atoms with Crippen LogP contribution in [0.1, 0.15) is 18.7 Å². The highest BCUT2D eigenvalue weighted by molar-refractivity contribution is 9.10. The van der Waals surface area contributed by atoms with Gasteiger partial charge in [-0.2, -0.15) is 0 Å². The second kappa shape index (κ2) is 7.17. The first kappa shape index (κ1) is 14.7. The number of rotatable bonds is 5. The summed E-state index contributed by atoms with van der Waals surface area (Å²) < 4.78 is 0.935. The normalized spacial score (nSPS) is 11.9. The van der Waals surface area contributed by atoms with Crippen molar-refractivity contribution < 1.29 is 4.79 Å². The number of carbonyl (C=O) groups excluding carboxylic acids is 1. The van der Waals surface area contributed by atoms with E-state index in [0.717, 1.165) is 15.9 Å². The smallest absolute Gasteiger partial charge is 0.238 e. The van der Waals surface area contributed by atoms with Gasteiger partial charge in [0.1, 0.15) is 0 Å². The van der Waals surface area contributed by atoms with E-state index in [9.17, 15) is 4.79 Å². The van der Waals surface area contributed by atoms with E-state index >= 15 is 0 Å². The SMILES string of the molecule is CC(NCC(=O)Nc1cccc(Br)c1)c1ccccn1. The van der Waals surface area contributed by atoms with Crippen LogP contribution in [0.5, 0.6) is 0 Å². The molecule has 104 valence electrons. The lowest BCUT2D eigenvalue weighted by Crippen LogP contribution is -2.30. The minimum absolute atomic E-state index is 0.0319. The number of nitrogens with one attached hydrogen (secondary N) is 2. The third-order valence-electron chi connectivity index (χ3n) is 2.81. The highest BCUT2D eigenvalue weighted by Crippen LogP contribution is 2.15. The van der Waals surface area contributed by atoms with Crippen molar-refractivity contribution >= 4 is 27.5 Å². The third kappa shape index (κ3) is 4.43. The van der Waals surface area contributed by atoms with Gasteiger partial charge in [-0.25, -0.2) is 0 Å². The quantitative estimate of drug-likeness (QED) is 0.883. The summed E-state index contributed by atoms with van der Waals surface area (Å²) in [6, 6.07) is 13.3. The average molecular weight is 334 g/mol. The van der Waals surface area contributed by atoms with Crippen LogP contribution in [0.2, 0.25) is 0 Å². The lowest BCUT2D eigenvalue weighted by Gasteiger charge is -2.13. The molecule has 1 amide bonds. The first-order chi connectivity index (χ1) is 9.65. The zero-order valence-corrected chi connectivity index (χ0v) is 12.7. The zero-order valence-electron chi connectivity index (χ0n) is 11.1. The molecule has 0 aliphatic rings. The maximum absolute atomic E-state index is 11.9. The van der Waals surface area contributed by atoms with Gasteiger partial charge in [0.15, 0.2) is 0 Å². The molecule has 0 aliphatic heterocycles.